The van der Waals surface area contributed by atoms with Crippen LogP contribution in [0.15, 0.2) is 12.1 Å². The number of sulfonamides is 1. The van der Waals surface area contributed by atoms with Crippen LogP contribution in [0.5, 0.6) is 0 Å². The monoisotopic (exact) mass is 327 g/mol. The van der Waals surface area contributed by atoms with Gasteiger partial charge in [-0.05, 0) is 12.1 Å². The third-order valence-corrected chi connectivity index (χ3v) is 2.86. The highest BCUT2D eigenvalue weighted by atomic mass is 79.9. The van der Waals surface area contributed by atoms with E-state index in [0.717, 1.165) is 18.4 Å². The Morgan fingerprint density at radius 3 is 2.18 bits per heavy atom. The number of alkyl halides is 1. The second-order valence-corrected chi connectivity index (χ2v) is 5.56. The maximum Gasteiger partial charge on any atom is 0.229 e. The standard InChI is InChI=1S/C9H8BrF2NO3S/c1-17(15,16)13-5-2-6(11)9(7(12)3-5)8(14)4-10/h2-3,13H,4H2,1H3. The molecule has 0 bridgehead atoms. The number of rotatable bonds is 4. The van der Waals surface area contributed by atoms with Gasteiger partial charge >= 0.3 is 0 Å². The molecule has 0 fully saturated rings. The van der Waals surface area contributed by atoms with Crippen molar-refractivity contribution in [2.45, 2.75) is 0 Å². The molecule has 0 amide bonds. The number of hydrogen-bond donors (Lipinski definition) is 1. The fraction of sp³-hybridized carbons (Fsp3) is 0.222. The Morgan fingerprint density at radius 1 is 1.35 bits per heavy atom. The topological polar surface area (TPSA) is 63.2 Å². The Kier molecular flexibility index (Phi) is 4.21. The van der Waals surface area contributed by atoms with Crippen molar-refractivity contribution in [3.63, 3.8) is 0 Å². The first-order chi connectivity index (χ1) is 7.74. The summed E-state index contributed by atoms with van der Waals surface area (Å²) in [6.07, 6.45) is 0.848. The van der Waals surface area contributed by atoms with Crippen LogP contribution in [-0.4, -0.2) is 25.8 Å². The van der Waals surface area contributed by atoms with Crippen molar-refractivity contribution in [2.24, 2.45) is 0 Å². The van der Waals surface area contributed by atoms with Crippen molar-refractivity contribution in [3.05, 3.63) is 29.3 Å². The Bertz CT molecular complexity index is 536. The lowest BCUT2D eigenvalue weighted by Crippen LogP contribution is -2.12. The molecular formula is C9H8BrF2NO3S. The molecular weight excluding hydrogens is 320 g/mol. The number of Topliss-reactive ketones (excluding diaryl/α,β-unsaturated/α-hetero) is 1. The average Bonchev–Trinajstić information content (AvgIpc) is 2.13. The number of hydrogen-bond acceptors (Lipinski definition) is 3. The van der Waals surface area contributed by atoms with Crippen LogP contribution in [0, 0.1) is 11.6 Å². The van der Waals surface area contributed by atoms with Crippen molar-refractivity contribution in [1.82, 2.24) is 0 Å². The van der Waals surface area contributed by atoms with Crippen LogP contribution in [0.3, 0.4) is 0 Å². The highest BCUT2D eigenvalue weighted by molar-refractivity contribution is 9.09. The van der Waals surface area contributed by atoms with Gasteiger partial charge in [0.05, 0.1) is 22.8 Å². The molecule has 0 saturated heterocycles. The molecule has 1 aromatic carbocycles. The summed E-state index contributed by atoms with van der Waals surface area (Å²) in [5, 5.41) is -0.223. The van der Waals surface area contributed by atoms with E-state index in [2.05, 4.69) is 15.9 Å². The summed E-state index contributed by atoms with van der Waals surface area (Å²) >= 11 is 2.79. The Hall–Kier alpha value is -1.02. The van der Waals surface area contributed by atoms with Gasteiger partial charge in [-0.25, -0.2) is 17.2 Å². The smallest absolute Gasteiger partial charge is 0.229 e. The highest BCUT2D eigenvalue weighted by Crippen LogP contribution is 2.20. The number of benzene rings is 1. The van der Waals surface area contributed by atoms with Crippen molar-refractivity contribution in [2.75, 3.05) is 16.3 Å². The van der Waals surface area contributed by atoms with Gasteiger partial charge in [0, 0.05) is 0 Å². The molecule has 0 unspecified atom stereocenters. The summed E-state index contributed by atoms with van der Waals surface area (Å²) in [6, 6.07) is 1.50. The molecule has 0 aliphatic rings. The van der Waals surface area contributed by atoms with E-state index in [0.29, 0.717) is 0 Å². The van der Waals surface area contributed by atoms with Crippen LogP contribution in [0.25, 0.3) is 0 Å². The lowest BCUT2D eigenvalue weighted by atomic mass is 10.1. The quantitative estimate of drug-likeness (QED) is 0.678. The summed E-state index contributed by atoms with van der Waals surface area (Å²) in [4.78, 5) is 11.2. The van der Waals surface area contributed by atoms with E-state index in [1.807, 2.05) is 4.72 Å². The van der Waals surface area contributed by atoms with Gasteiger partial charge in [0.25, 0.3) is 0 Å². The molecule has 0 radical (unpaired) electrons. The van der Waals surface area contributed by atoms with Gasteiger partial charge in [0.15, 0.2) is 5.78 Å². The zero-order chi connectivity index (χ0) is 13.2. The molecule has 1 N–H and O–H groups in total. The third kappa shape index (κ3) is 3.74. The molecule has 8 heteroatoms. The molecule has 4 nitrogen and oxygen atoms in total. The maximum absolute atomic E-state index is 13.4. The fourth-order valence-corrected chi connectivity index (χ4v) is 2.01. The number of anilines is 1. The van der Waals surface area contributed by atoms with E-state index in [1.165, 1.54) is 0 Å². The van der Waals surface area contributed by atoms with Gasteiger partial charge in [-0.2, -0.15) is 0 Å². The Balaban J connectivity index is 3.23. The average molecular weight is 328 g/mol. The predicted octanol–water partition coefficient (Wildman–Crippen LogP) is 1.91. The number of nitrogens with one attached hydrogen (secondary N) is 1. The molecule has 0 spiro atoms. The largest absolute Gasteiger partial charge is 0.293 e. The molecule has 0 aliphatic carbocycles. The van der Waals surface area contributed by atoms with E-state index >= 15 is 0 Å². The number of ketones is 1. The van der Waals surface area contributed by atoms with Crippen LogP contribution in [0.2, 0.25) is 0 Å². The lowest BCUT2D eigenvalue weighted by molar-refractivity contribution is 0.101. The first-order valence-corrected chi connectivity index (χ1v) is 7.32. The fourth-order valence-electron chi connectivity index (χ4n) is 1.18. The summed E-state index contributed by atoms with van der Waals surface area (Å²) in [5.74, 6) is -2.98. The van der Waals surface area contributed by atoms with Gasteiger partial charge in [-0.15, -0.1) is 0 Å². The van der Waals surface area contributed by atoms with Crippen molar-refractivity contribution in [1.29, 1.82) is 0 Å². The molecule has 17 heavy (non-hydrogen) atoms. The van der Waals surface area contributed by atoms with Crippen LogP contribution in [0.1, 0.15) is 10.4 Å². The van der Waals surface area contributed by atoms with E-state index in [1.54, 1.807) is 0 Å². The summed E-state index contributed by atoms with van der Waals surface area (Å²) < 4.78 is 50.5. The lowest BCUT2D eigenvalue weighted by Gasteiger charge is -2.07. The molecule has 1 rings (SSSR count). The minimum absolute atomic E-state index is 0.223. The molecule has 0 saturated carbocycles. The number of carbonyl (C=O) groups is 1. The van der Waals surface area contributed by atoms with E-state index in [-0.39, 0.29) is 11.0 Å². The number of halogens is 3. The molecule has 0 atom stereocenters. The second-order valence-electron chi connectivity index (χ2n) is 3.25. The van der Waals surface area contributed by atoms with Crippen LogP contribution >= 0.6 is 15.9 Å². The van der Waals surface area contributed by atoms with Crippen LogP contribution in [0.4, 0.5) is 14.5 Å². The van der Waals surface area contributed by atoms with E-state index in [9.17, 15) is 22.0 Å². The third-order valence-electron chi connectivity index (χ3n) is 1.75. The van der Waals surface area contributed by atoms with Crippen molar-refractivity contribution < 1.29 is 22.0 Å². The van der Waals surface area contributed by atoms with Crippen LogP contribution in [-0.2, 0) is 10.0 Å². The number of carbonyl (C=O) groups excluding carboxylic acids is 1. The minimum atomic E-state index is -3.63. The highest BCUT2D eigenvalue weighted by Gasteiger charge is 2.18. The minimum Gasteiger partial charge on any atom is -0.293 e. The van der Waals surface area contributed by atoms with E-state index < -0.39 is 33.0 Å². The van der Waals surface area contributed by atoms with Crippen molar-refractivity contribution >= 4 is 37.4 Å². The summed E-state index contributed by atoms with van der Waals surface area (Å²) in [6.45, 7) is 0. The zero-order valence-electron chi connectivity index (χ0n) is 8.63. The molecule has 1 aromatic rings. The zero-order valence-corrected chi connectivity index (χ0v) is 11.0. The van der Waals surface area contributed by atoms with Gasteiger partial charge in [0.2, 0.25) is 10.0 Å². The molecule has 0 aliphatic heterocycles. The molecule has 0 heterocycles. The van der Waals surface area contributed by atoms with Gasteiger partial charge in [-0.3, -0.25) is 9.52 Å². The Labute approximate surface area is 105 Å². The first kappa shape index (κ1) is 14.0. The Morgan fingerprint density at radius 2 is 1.82 bits per heavy atom. The normalized spacial score (nSPS) is 11.3. The molecule has 94 valence electrons. The van der Waals surface area contributed by atoms with Gasteiger partial charge < -0.3 is 0 Å². The van der Waals surface area contributed by atoms with Gasteiger partial charge in [-0.1, -0.05) is 15.9 Å². The maximum atomic E-state index is 13.4. The summed E-state index contributed by atoms with van der Waals surface area (Å²) in [5.41, 5.74) is -0.963. The predicted molar refractivity (Wildman–Crippen MR) is 62.9 cm³/mol. The first-order valence-electron chi connectivity index (χ1n) is 4.30. The summed E-state index contributed by atoms with van der Waals surface area (Å²) in [7, 11) is -3.63. The van der Waals surface area contributed by atoms with Crippen molar-refractivity contribution in [3.8, 4) is 0 Å². The SMILES string of the molecule is CS(=O)(=O)Nc1cc(F)c(C(=O)CBr)c(F)c1. The van der Waals surface area contributed by atoms with E-state index in [4.69, 9.17) is 0 Å². The molecule has 0 aromatic heterocycles. The van der Waals surface area contributed by atoms with Gasteiger partial charge in [0.1, 0.15) is 11.6 Å². The second kappa shape index (κ2) is 5.09. The van der Waals surface area contributed by atoms with Crippen LogP contribution < -0.4 is 4.72 Å².